The maximum atomic E-state index is 2.54. The van der Waals surface area contributed by atoms with Crippen LogP contribution < -0.4 is 0 Å². The Labute approximate surface area is 86.7 Å². The summed E-state index contributed by atoms with van der Waals surface area (Å²) in [6.45, 7) is 16.8. The van der Waals surface area contributed by atoms with Crippen molar-refractivity contribution < 1.29 is 0 Å². The number of hydrogen-bond acceptors (Lipinski definition) is 0. The van der Waals surface area contributed by atoms with Gasteiger partial charge in [0.15, 0.2) is 0 Å². The summed E-state index contributed by atoms with van der Waals surface area (Å²) in [5, 5.41) is 0.658. The highest BCUT2D eigenvalue weighted by Gasteiger charge is 2.25. The first-order valence-electron chi connectivity index (χ1n) is 5.69. The maximum Gasteiger partial charge on any atom is 0.0395 e. The normalized spacial score (nSPS) is 15.9. The van der Waals surface area contributed by atoms with E-state index >= 15 is 0 Å². The van der Waals surface area contributed by atoms with Gasteiger partial charge in [-0.25, -0.2) is 0 Å². The monoisotopic (exact) mass is 200 g/mol. The van der Waals surface area contributed by atoms with Gasteiger partial charge in [-0.05, 0) is 10.5 Å². The summed E-state index contributed by atoms with van der Waals surface area (Å²) in [6.07, 6.45) is 2.76. The molecule has 1 heteroatoms. The van der Waals surface area contributed by atoms with Crippen LogP contribution in [0.4, 0.5) is 0 Å². The van der Waals surface area contributed by atoms with Crippen LogP contribution in [-0.2, 0) is 0 Å². The fraction of sp³-hybridized carbons (Fsp3) is 1.00. The Morgan fingerprint density at radius 2 is 1.46 bits per heavy atom. The van der Waals surface area contributed by atoms with Crippen LogP contribution in [-0.4, -0.2) is 8.80 Å². The van der Waals surface area contributed by atoms with E-state index in [0.29, 0.717) is 10.5 Å². The molecule has 13 heavy (non-hydrogen) atoms. The van der Waals surface area contributed by atoms with E-state index in [1.807, 2.05) is 0 Å². The Hall–Kier alpha value is 0.217. The quantitative estimate of drug-likeness (QED) is 0.587. The van der Waals surface area contributed by atoms with Crippen molar-refractivity contribution in [3.8, 4) is 0 Å². The summed E-state index contributed by atoms with van der Waals surface area (Å²) in [6, 6.07) is 1.50. The van der Waals surface area contributed by atoms with Crippen LogP contribution in [0.15, 0.2) is 0 Å². The van der Waals surface area contributed by atoms with Crippen LogP contribution in [0.5, 0.6) is 0 Å². The highest BCUT2D eigenvalue weighted by molar-refractivity contribution is 6.60. The lowest BCUT2D eigenvalue weighted by Crippen LogP contribution is -2.25. The Morgan fingerprint density at radius 3 is 1.77 bits per heavy atom. The van der Waals surface area contributed by atoms with Crippen molar-refractivity contribution >= 4 is 8.80 Å². The lowest BCUT2D eigenvalue weighted by molar-refractivity contribution is 0.394. The second-order valence-corrected chi connectivity index (χ2v) is 10.3. The van der Waals surface area contributed by atoms with Crippen LogP contribution in [0, 0.1) is 5.41 Å². The average molecular weight is 200 g/mol. The molecule has 1 atom stereocenters. The summed E-state index contributed by atoms with van der Waals surface area (Å²) in [4.78, 5) is 0. The molecule has 0 aliphatic heterocycles. The van der Waals surface area contributed by atoms with Crippen molar-refractivity contribution in [2.45, 2.75) is 72.0 Å². The van der Waals surface area contributed by atoms with Crippen molar-refractivity contribution in [2.24, 2.45) is 5.41 Å². The van der Waals surface area contributed by atoms with Gasteiger partial charge < -0.3 is 0 Å². The highest BCUT2D eigenvalue weighted by atomic mass is 28.3. The average Bonchev–Trinajstić information content (AvgIpc) is 1.98. The summed E-state index contributed by atoms with van der Waals surface area (Å²) in [7, 11) is -0.511. The largest absolute Gasteiger partial charge is 0.0716 e. The van der Waals surface area contributed by atoms with E-state index in [2.05, 4.69) is 48.1 Å². The zero-order valence-corrected chi connectivity index (χ0v) is 11.9. The smallest absolute Gasteiger partial charge is 0.0395 e. The predicted molar refractivity (Wildman–Crippen MR) is 66.2 cm³/mol. The molecule has 0 heterocycles. The first-order chi connectivity index (χ1) is 5.69. The second kappa shape index (κ2) is 4.63. The molecule has 0 aromatic carbocycles. The van der Waals surface area contributed by atoms with E-state index in [4.69, 9.17) is 0 Å². The molecule has 1 unspecified atom stereocenters. The lowest BCUT2D eigenvalue weighted by atomic mass is 9.94. The molecular formula is C12H28Si. The number of hydrogen-bond donors (Lipinski definition) is 0. The van der Waals surface area contributed by atoms with Crippen molar-refractivity contribution in [3.05, 3.63) is 0 Å². The Bertz CT molecular complexity index is 142. The third-order valence-corrected chi connectivity index (χ3v) is 7.80. The van der Waals surface area contributed by atoms with Gasteiger partial charge in [-0.1, -0.05) is 67.0 Å². The van der Waals surface area contributed by atoms with Crippen LogP contribution >= 0.6 is 0 Å². The maximum absolute atomic E-state index is 2.54. The Kier molecular flexibility index (Phi) is 4.71. The molecule has 0 aromatic rings. The third kappa shape index (κ3) is 5.51. The van der Waals surface area contributed by atoms with Crippen LogP contribution in [0.2, 0.25) is 17.6 Å². The minimum Gasteiger partial charge on any atom is -0.0716 e. The molecule has 0 saturated carbocycles. The highest BCUT2D eigenvalue weighted by Crippen LogP contribution is 2.36. The SMILES string of the molecule is CCC(C)(C)[SiH](C)CCC(C)(C)C. The minimum atomic E-state index is -0.511. The van der Waals surface area contributed by atoms with E-state index < -0.39 is 8.80 Å². The minimum absolute atomic E-state index is 0.511. The fourth-order valence-corrected chi connectivity index (χ4v) is 4.17. The van der Waals surface area contributed by atoms with Crippen molar-refractivity contribution in [3.63, 3.8) is 0 Å². The molecule has 0 rings (SSSR count). The summed E-state index contributed by atoms with van der Waals surface area (Å²) >= 11 is 0. The van der Waals surface area contributed by atoms with E-state index in [1.165, 1.54) is 18.9 Å². The fourth-order valence-electron chi connectivity index (χ4n) is 1.39. The third-order valence-electron chi connectivity index (χ3n) is 3.57. The van der Waals surface area contributed by atoms with Gasteiger partial charge in [0.2, 0.25) is 0 Å². The molecule has 0 amide bonds. The van der Waals surface area contributed by atoms with Crippen molar-refractivity contribution in [2.75, 3.05) is 0 Å². The van der Waals surface area contributed by atoms with Crippen molar-refractivity contribution in [1.82, 2.24) is 0 Å². The molecule has 80 valence electrons. The molecule has 0 fully saturated rings. The van der Waals surface area contributed by atoms with Crippen molar-refractivity contribution in [1.29, 1.82) is 0 Å². The van der Waals surface area contributed by atoms with E-state index in [9.17, 15) is 0 Å². The van der Waals surface area contributed by atoms with Crippen LogP contribution in [0.1, 0.15) is 54.4 Å². The molecule has 0 radical (unpaired) electrons. The molecule has 0 N–H and O–H groups in total. The summed E-state index contributed by atoms with van der Waals surface area (Å²) < 4.78 is 0. The zero-order valence-electron chi connectivity index (χ0n) is 10.7. The summed E-state index contributed by atoms with van der Waals surface area (Å²) in [5.74, 6) is 0. The first kappa shape index (κ1) is 13.2. The van der Waals surface area contributed by atoms with Gasteiger partial charge in [-0.2, -0.15) is 0 Å². The standard InChI is InChI=1S/C12H28Si/c1-8-12(5,6)13(7)10-9-11(2,3)4/h13H,8-10H2,1-7H3. The van der Waals surface area contributed by atoms with E-state index in [-0.39, 0.29) is 0 Å². The van der Waals surface area contributed by atoms with Gasteiger partial charge in [0, 0.05) is 8.80 Å². The van der Waals surface area contributed by atoms with E-state index in [1.54, 1.807) is 0 Å². The van der Waals surface area contributed by atoms with Crippen LogP contribution in [0.25, 0.3) is 0 Å². The Morgan fingerprint density at radius 1 is 1.00 bits per heavy atom. The molecule has 0 saturated heterocycles. The molecule has 0 aromatic heterocycles. The van der Waals surface area contributed by atoms with Gasteiger partial charge in [0.25, 0.3) is 0 Å². The molecule has 0 bridgehead atoms. The summed E-state index contributed by atoms with van der Waals surface area (Å²) in [5.41, 5.74) is 0.533. The Balaban J connectivity index is 3.95. The van der Waals surface area contributed by atoms with Gasteiger partial charge in [-0.3, -0.25) is 0 Å². The second-order valence-electron chi connectivity index (χ2n) is 6.34. The van der Waals surface area contributed by atoms with E-state index in [0.717, 1.165) is 0 Å². The van der Waals surface area contributed by atoms with Gasteiger partial charge >= 0.3 is 0 Å². The van der Waals surface area contributed by atoms with Gasteiger partial charge in [0.1, 0.15) is 0 Å². The zero-order chi connectivity index (χ0) is 10.7. The van der Waals surface area contributed by atoms with Gasteiger partial charge in [0.05, 0.1) is 0 Å². The molecule has 0 aliphatic rings. The predicted octanol–water partition coefficient (Wildman–Crippen LogP) is 4.47. The topological polar surface area (TPSA) is 0 Å². The number of rotatable bonds is 4. The van der Waals surface area contributed by atoms with Gasteiger partial charge in [-0.15, -0.1) is 0 Å². The first-order valence-corrected chi connectivity index (χ1v) is 8.24. The van der Waals surface area contributed by atoms with Crippen LogP contribution in [0.3, 0.4) is 0 Å². The lowest BCUT2D eigenvalue weighted by Gasteiger charge is -2.31. The molecule has 0 spiro atoms. The molecular weight excluding hydrogens is 172 g/mol. The molecule has 0 nitrogen and oxygen atoms in total. The molecule has 0 aliphatic carbocycles.